The van der Waals surface area contributed by atoms with Gasteiger partial charge in [0.25, 0.3) is 11.8 Å². The first-order valence-electron chi connectivity index (χ1n) is 9.60. The van der Waals surface area contributed by atoms with Crippen molar-refractivity contribution in [2.75, 3.05) is 0 Å². The molecule has 168 valence electrons. The molecular formula is C22H20F3N3O3S. The molecule has 0 radical (unpaired) electrons. The fourth-order valence-corrected chi connectivity index (χ4v) is 4.25. The number of halogens is 3. The number of nitrogens with zero attached hydrogens (tertiary/aromatic N) is 1. The number of thiazole rings is 1. The van der Waals surface area contributed by atoms with E-state index in [1.807, 2.05) is 30.3 Å². The van der Waals surface area contributed by atoms with Crippen LogP contribution in [-0.4, -0.2) is 22.0 Å². The van der Waals surface area contributed by atoms with Crippen LogP contribution in [-0.2, 0) is 6.18 Å². The van der Waals surface area contributed by atoms with E-state index in [1.54, 1.807) is 38.1 Å². The number of alkyl halides is 3. The zero-order valence-corrected chi connectivity index (χ0v) is 17.9. The number of amides is 2. The normalized spacial score (nSPS) is 12.5. The summed E-state index contributed by atoms with van der Waals surface area (Å²) in [5.41, 5.74) is 2.03. The highest BCUT2D eigenvalue weighted by atomic mass is 32.1. The van der Waals surface area contributed by atoms with Gasteiger partial charge in [0.2, 0.25) is 0 Å². The number of carbonyl (C=O) groups is 2. The molecule has 0 aliphatic heterocycles. The van der Waals surface area contributed by atoms with Gasteiger partial charge in [-0.1, -0.05) is 56.3 Å². The van der Waals surface area contributed by atoms with Gasteiger partial charge in [-0.15, -0.1) is 11.3 Å². The van der Waals surface area contributed by atoms with Crippen LogP contribution in [0.4, 0.5) is 13.2 Å². The number of hydroxylamine groups is 1. The summed E-state index contributed by atoms with van der Waals surface area (Å²) in [4.78, 5) is 27.3. The molecule has 1 atom stereocenters. The molecule has 0 saturated carbocycles. The minimum atomic E-state index is -4.89. The Morgan fingerprint density at radius 1 is 0.969 bits per heavy atom. The van der Waals surface area contributed by atoms with Gasteiger partial charge in [0.1, 0.15) is 9.88 Å². The van der Waals surface area contributed by atoms with Crippen LogP contribution in [0.3, 0.4) is 0 Å². The molecule has 0 spiro atoms. The van der Waals surface area contributed by atoms with Gasteiger partial charge in [0.05, 0.1) is 6.04 Å². The molecule has 1 heterocycles. The number of nitrogens with one attached hydrogen (secondary N) is 2. The molecule has 2 amide bonds. The maximum absolute atomic E-state index is 13.3. The molecule has 0 aliphatic carbocycles. The Hall–Kier alpha value is -3.24. The predicted molar refractivity (Wildman–Crippen MR) is 113 cm³/mol. The van der Waals surface area contributed by atoms with Gasteiger partial charge in [0, 0.05) is 5.56 Å². The van der Waals surface area contributed by atoms with Crippen molar-refractivity contribution in [2.45, 2.75) is 26.1 Å². The number of hydrogen-bond donors (Lipinski definition) is 3. The van der Waals surface area contributed by atoms with Crippen molar-refractivity contribution in [1.29, 1.82) is 0 Å². The van der Waals surface area contributed by atoms with Crippen molar-refractivity contribution in [1.82, 2.24) is 15.8 Å². The smallest absolute Gasteiger partial charge is 0.343 e. The summed E-state index contributed by atoms with van der Waals surface area (Å²) in [5, 5.41) is 11.4. The van der Waals surface area contributed by atoms with Crippen molar-refractivity contribution in [2.24, 2.45) is 5.92 Å². The second kappa shape index (κ2) is 9.49. The summed E-state index contributed by atoms with van der Waals surface area (Å²) in [6, 6.07) is 15.5. The van der Waals surface area contributed by atoms with Crippen LogP contribution in [0, 0.1) is 5.92 Å². The fraction of sp³-hybridized carbons (Fsp3) is 0.227. The van der Waals surface area contributed by atoms with E-state index in [0.29, 0.717) is 16.9 Å². The average Bonchev–Trinajstić information content (AvgIpc) is 3.23. The van der Waals surface area contributed by atoms with Gasteiger partial charge in [-0.25, -0.2) is 10.5 Å². The van der Waals surface area contributed by atoms with E-state index in [4.69, 9.17) is 5.21 Å². The van der Waals surface area contributed by atoms with E-state index in [9.17, 15) is 22.8 Å². The van der Waals surface area contributed by atoms with E-state index >= 15 is 0 Å². The summed E-state index contributed by atoms with van der Waals surface area (Å²) in [6.45, 7) is 3.42. The van der Waals surface area contributed by atoms with Gasteiger partial charge in [-0.05, 0) is 29.2 Å². The summed E-state index contributed by atoms with van der Waals surface area (Å²) in [5.74, 6) is -2.12. The number of carbonyl (C=O) groups excluding carboxylic acids is 2. The Kier molecular flexibility index (Phi) is 6.95. The molecule has 3 N–H and O–H groups in total. The maximum Gasteiger partial charge on any atom is 0.435 e. The van der Waals surface area contributed by atoms with Crippen molar-refractivity contribution in [3.63, 3.8) is 0 Å². The minimum Gasteiger partial charge on any atom is -0.343 e. The van der Waals surface area contributed by atoms with Crippen LogP contribution in [0.25, 0.3) is 11.1 Å². The van der Waals surface area contributed by atoms with Crippen molar-refractivity contribution < 1.29 is 28.0 Å². The standard InChI is InChI=1S/C22H20F3N3O3S/c1-12(2)16(21-27-18(22(23,24)25)17(32-21)20(30)28-31)26-19(29)15-10-8-14(9-11-15)13-6-4-3-5-7-13/h3-12,16,31H,1-2H3,(H,26,29)(H,28,30). The van der Waals surface area contributed by atoms with Crippen molar-refractivity contribution >= 4 is 23.2 Å². The molecule has 0 fully saturated rings. The van der Waals surface area contributed by atoms with Gasteiger partial charge in [-0.2, -0.15) is 13.2 Å². The lowest BCUT2D eigenvalue weighted by molar-refractivity contribution is -0.141. The fourth-order valence-electron chi connectivity index (χ4n) is 3.05. The van der Waals surface area contributed by atoms with Crippen LogP contribution in [0.5, 0.6) is 0 Å². The summed E-state index contributed by atoms with van der Waals surface area (Å²) >= 11 is 0.475. The largest absolute Gasteiger partial charge is 0.435 e. The number of aromatic nitrogens is 1. The Labute approximate surface area is 186 Å². The van der Waals surface area contributed by atoms with E-state index in [-0.39, 0.29) is 10.9 Å². The summed E-state index contributed by atoms with van der Waals surface area (Å²) < 4.78 is 40.0. The molecule has 0 bridgehead atoms. The first-order chi connectivity index (χ1) is 15.1. The molecule has 3 aromatic rings. The van der Waals surface area contributed by atoms with Gasteiger partial charge < -0.3 is 5.32 Å². The van der Waals surface area contributed by atoms with Crippen LogP contribution in [0.2, 0.25) is 0 Å². The topological polar surface area (TPSA) is 91.3 Å². The van der Waals surface area contributed by atoms with E-state index in [2.05, 4.69) is 10.3 Å². The molecule has 10 heteroatoms. The van der Waals surface area contributed by atoms with Gasteiger partial charge >= 0.3 is 6.18 Å². The first-order valence-corrected chi connectivity index (χ1v) is 10.4. The zero-order chi connectivity index (χ0) is 23.5. The molecule has 3 rings (SSSR count). The second-order valence-corrected chi connectivity index (χ2v) is 8.34. The Balaban J connectivity index is 1.86. The Morgan fingerprint density at radius 2 is 1.56 bits per heavy atom. The van der Waals surface area contributed by atoms with Crippen molar-refractivity contribution in [3.8, 4) is 11.1 Å². The third-order valence-corrected chi connectivity index (χ3v) is 5.83. The average molecular weight is 463 g/mol. The number of hydrogen-bond acceptors (Lipinski definition) is 5. The quantitative estimate of drug-likeness (QED) is 0.351. The van der Waals surface area contributed by atoms with Gasteiger partial charge in [-0.3, -0.25) is 14.8 Å². The lowest BCUT2D eigenvalue weighted by atomic mass is 10.0. The van der Waals surface area contributed by atoms with Gasteiger partial charge in [0.15, 0.2) is 5.69 Å². The second-order valence-electron chi connectivity index (χ2n) is 7.31. The first kappa shape index (κ1) is 23.4. The molecule has 2 aromatic carbocycles. The maximum atomic E-state index is 13.3. The summed E-state index contributed by atoms with van der Waals surface area (Å²) in [7, 11) is 0. The van der Waals surface area contributed by atoms with Crippen molar-refractivity contribution in [3.05, 3.63) is 75.7 Å². The number of rotatable bonds is 6. The Morgan fingerprint density at radius 3 is 2.09 bits per heavy atom. The highest BCUT2D eigenvalue weighted by molar-refractivity contribution is 7.13. The lowest BCUT2D eigenvalue weighted by Crippen LogP contribution is -2.31. The van der Waals surface area contributed by atoms with Crippen LogP contribution >= 0.6 is 11.3 Å². The van der Waals surface area contributed by atoms with Crippen LogP contribution in [0.15, 0.2) is 54.6 Å². The molecule has 0 aliphatic rings. The molecule has 6 nitrogen and oxygen atoms in total. The highest BCUT2D eigenvalue weighted by Gasteiger charge is 2.41. The third-order valence-electron chi connectivity index (χ3n) is 4.69. The molecule has 0 saturated heterocycles. The molecule has 1 aromatic heterocycles. The third kappa shape index (κ3) is 5.14. The van der Waals surface area contributed by atoms with E-state index < -0.39 is 34.6 Å². The SMILES string of the molecule is CC(C)C(NC(=O)c1ccc(-c2ccccc2)cc1)c1nc(C(F)(F)F)c(C(=O)NO)s1. The predicted octanol–water partition coefficient (Wildman–Crippen LogP) is 5.08. The zero-order valence-electron chi connectivity index (χ0n) is 17.1. The van der Waals surface area contributed by atoms with Crippen LogP contribution < -0.4 is 10.8 Å². The number of benzene rings is 2. The minimum absolute atomic E-state index is 0.0832. The monoisotopic (exact) mass is 463 g/mol. The van der Waals surface area contributed by atoms with Crippen LogP contribution in [0.1, 0.15) is 50.6 Å². The lowest BCUT2D eigenvalue weighted by Gasteiger charge is -2.20. The highest BCUT2D eigenvalue weighted by Crippen LogP contribution is 2.37. The van der Waals surface area contributed by atoms with E-state index in [0.717, 1.165) is 11.1 Å². The Bertz CT molecular complexity index is 1100. The molecule has 32 heavy (non-hydrogen) atoms. The molecular weight excluding hydrogens is 443 g/mol. The summed E-state index contributed by atoms with van der Waals surface area (Å²) in [6.07, 6.45) is -4.89. The molecule has 1 unspecified atom stereocenters. The van der Waals surface area contributed by atoms with E-state index in [1.165, 1.54) is 5.48 Å².